The standard InChI is InChI=1S/C32H42N2O5.C22H24BrNO2/c1-6-8-9-10-11-20-37-26-18-16-25(17-19-26)30-33-28(22-38-30)24-14-12-23(13-15-24)21-27(29(35)7-2)34-31(36)39-32(3,4)5;1-2-3-4-5-6-15-25-20-13-9-18(10-14-20)22-24-21(16-26-22)17-7-11-19(23)12-8-17/h12-19,22,27H,6-11,20-21H2,1-5H3,(H,34,36);7-14,16H,2-6,15H2,1H3/t27-;/m0./s1. The van der Waals surface area contributed by atoms with E-state index in [0.29, 0.717) is 24.6 Å². The highest BCUT2D eigenvalue weighted by molar-refractivity contribution is 9.10. The molecule has 1 atom stereocenters. The SMILES string of the molecule is CCCCCCCOc1ccc(-c2nc(-c3ccc(Br)cc3)co2)cc1.CCCCCCCOc1ccc(-c2nc(-c3ccc(C[C@H](NC(=O)OC(C)(C)C)C(=O)CC)cc3)co2)cc1. The number of Topliss-reactive ketones (excluding diaryl/α,β-unsaturated/α-hetero) is 1. The number of rotatable bonds is 23. The minimum atomic E-state index is -0.651. The maximum Gasteiger partial charge on any atom is 0.408 e. The molecule has 0 spiro atoms. The number of aromatic nitrogens is 2. The van der Waals surface area contributed by atoms with Gasteiger partial charge in [-0.15, -0.1) is 0 Å². The smallest absolute Gasteiger partial charge is 0.408 e. The summed E-state index contributed by atoms with van der Waals surface area (Å²) < 4.78 is 29.4. The summed E-state index contributed by atoms with van der Waals surface area (Å²) in [6.07, 6.45) is 15.7. The molecule has 0 saturated heterocycles. The zero-order valence-corrected chi connectivity index (χ0v) is 40.6. The number of hydrogen-bond acceptors (Lipinski definition) is 9. The molecule has 0 radical (unpaired) electrons. The molecule has 0 saturated carbocycles. The molecule has 65 heavy (non-hydrogen) atoms. The molecule has 6 rings (SSSR count). The number of benzene rings is 4. The van der Waals surface area contributed by atoms with Gasteiger partial charge >= 0.3 is 6.09 Å². The van der Waals surface area contributed by atoms with Crippen molar-refractivity contribution < 1.29 is 32.6 Å². The molecule has 2 aromatic heterocycles. The molecule has 0 aliphatic rings. The largest absolute Gasteiger partial charge is 0.494 e. The summed E-state index contributed by atoms with van der Waals surface area (Å²) in [5.74, 6) is 2.85. The maximum absolute atomic E-state index is 12.5. The Morgan fingerprint density at radius 2 is 1.03 bits per heavy atom. The third kappa shape index (κ3) is 17.3. The van der Waals surface area contributed by atoms with Crippen LogP contribution < -0.4 is 14.8 Å². The Balaban J connectivity index is 0.000000264. The van der Waals surface area contributed by atoms with Gasteiger partial charge in [-0.2, -0.15) is 0 Å². The number of amides is 1. The maximum atomic E-state index is 12.5. The number of ketones is 1. The van der Waals surface area contributed by atoms with Crippen LogP contribution in [0.2, 0.25) is 0 Å². The van der Waals surface area contributed by atoms with Gasteiger partial charge in [0.15, 0.2) is 5.78 Å². The second kappa shape index (κ2) is 26.3. The molecule has 0 aliphatic carbocycles. The molecule has 346 valence electrons. The molecule has 4 aromatic carbocycles. The van der Waals surface area contributed by atoms with Gasteiger partial charge in [0.05, 0.1) is 19.3 Å². The van der Waals surface area contributed by atoms with Crippen LogP contribution >= 0.6 is 15.9 Å². The minimum Gasteiger partial charge on any atom is -0.494 e. The van der Waals surface area contributed by atoms with E-state index in [1.165, 1.54) is 51.4 Å². The number of nitrogens with zero attached hydrogens (tertiary/aromatic N) is 2. The highest BCUT2D eigenvalue weighted by Crippen LogP contribution is 2.29. The first kappa shape index (κ1) is 50.3. The van der Waals surface area contributed by atoms with E-state index in [2.05, 4.69) is 45.1 Å². The van der Waals surface area contributed by atoms with E-state index in [1.54, 1.807) is 40.2 Å². The van der Waals surface area contributed by atoms with Gasteiger partial charge < -0.3 is 28.4 Å². The lowest BCUT2D eigenvalue weighted by Gasteiger charge is -2.23. The first-order valence-corrected chi connectivity index (χ1v) is 24.0. The Kier molecular flexibility index (Phi) is 20.4. The van der Waals surface area contributed by atoms with E-state index in [-0.39, 0.29) is 5.78 Å². The number of carbonyl (C=O) groups is 2. The third-order valence-electron chi connectivity index (χ3n) is 10.5. The Bertz CT molecular complexity index is 2290. The Morgan fingerprint density at radius 3 is 1.46 bits per heavy atom. The van der Waals surface area contributed by atoms with Crippen LogP contribution in [0.25, 0.3) is 45.4 Å². The molecular weight excluding hydrogens is 883 g/mol. The van der Waals surface area contributed by atoms with Crippen LogP contribution in [0.4, 0.5) is 4.79 Å². The number of alkyl carbamates (subject to hydrolysis) is 1. The van der Waals surface area contributed by atoms with Gasteiger partial charge in [0.1, 0.15) is 41.0 Å². The summed E-state index contributed by atoms with van der Waals surface area (Å²) >= 11 is 3.44. The van der Waals surface area contributed by atoms with Gasteiger partial charge in [-0.1, -0.05) is 124 Å². The molecule has 10 nitrogen and oxygen atoms in total. The first-order valence-electron chi connectivity index (χ1n) is 23.2. The molecule has 6 aromatic rings. The van der Waals surface area contributed by atoms with Crippen molar-refractivity contribution in [3.63, 3.8) is 0 Å². The summed E-state index contributed by atoms with van der Waals surface area (Å²) in [6.45, 7) is 13.1. The Morgan fingerprint density at radius 1 is 0.600 bits per heavy atom. The lowest BCUT2D eigenvalue weighted by Crippen LogP contribution is -2.44. The monoisotopic (exact) mass is 947 g/mol. The lowest BCUT2D eigenvalue weighted by molar-refractivity contribution is -0.120. The van der Waals surface area contributed by atoms with Crippen LogP contribution in [0.1, 0.15) is 118 Å². The molecular formula is C54H66BrN3O7. The summed E-state index contributed by atoms with van der Waals surface area (Å²) in [6, 6.07) is 30.9. The van der Waals surface area contributed by atoms with Crippen LogP contribution in [0.15, 0.2) is 123 Å². The second-order valence-corrected chi connectivity index (χ2v) is 18.0. The van der Waals surface area contributed by atoms with Crippen LogP contribution in [-0.2, 0) is 16.0 Å². The van der Waals surface area contributed by atoms with Gasteiger partial charge in [0.25, 0.3) is 0 Å². The minimum absolute atomic E-state index is 0.0468. The van der Waals surface area contributed by atoms with Crippen molar-refractivity contribution in [2.24, 2.45) is 0 Å². The van der Waals surface area contributed by atoms with Crippen LogP contribution in [-0.4, -0.2) is 46.7 Å². The highest BCUT2D eigenvalue weighted by atomic mass is 79.9. The van der Waals surface area contributed by atoms with E-state index >= 15 is 0 Å². The Hall–Kier alpha value is -5.68. The summed E-state index contributed by atoms with van der Waals surface area (Å²) in [7, 11) is 0. The fraction of sp³-hybridized carbons (Fsp3) is 0.407. The number of nitrogens with one attached hydrogen (secondary N) is 1. The molecule has 2 heterocycles. The van der Waals surface area contributed by atoms with Crippen molar-refractivity contribution in [1.29, 1.82) is 0 Å². The summed E-state index contributed by atoms with van der Waals surface area (Å²) in [5.41, 5.74) is 5.60. The van der Waals surface area contributed by atoms with E-state index in [4.69, 9.17) is 23.0 Å². The molecule has 0 unspecified atom stereocenters. The van der Waals surface area contributed by atoms with Gasteiger partial charge in [-0.25, -0.2) is 14.8 Å². The van der Waals surface area contributed by atoms with Crippen molar-refractivity contribution in [3.8, 4) is 56.9 Å². The number of ether oxygens (including phenoxy) is 3. The molecule has 0 fully saturated rings. The number of hydrogen-bond donors (Lipinski definition) is 1. The molecule has 0 aliphatic heterocycles. The first-order chi connectivity index (χ1) is 31.4. The van der Waals surface area contributed by atoms with Crippen molar-refractivity contribution in [2.75, 3.05) is 13.2 Å². The molecule has 1 amide bonds. The number of oxazole rings is 2. The zero-order valence-electron chi connectivity index (χ0n) is 39.0. The van der Waals surface area contributed by atoms with E-state index < -0.39 is 17.7 Å². The average Bonchev–Trinajstić information content (AvgIpc) is 4.01. The average molecular weight is 949 g/mol. The van der Waals surface area contributed by atoms with Crippen molar-refractivity contribution in [1.82, 2.24) is 15.3 Å². The van der Waals surface area contributed by atoms with Crippen LogP contribution in [0, 0.1) is 0 Å². The molecule has 0 bridgehead atoms. The quantitative estimate of drug-likeness (QED) is 0.0625. The predicted octanol–water partition coefficient (Wildman–Crippen LogP) is 14.9. The van der Waals surface area contributed by atoms with Gasteiger partial charge in [0.2, 0.25) is 11.8 Å². The van der Waals surface area contributed by atoms with Crippen molar-refractivity contribution in [2.45, 2.75) is 130 Å². The number of unbranched alkanes of at least 4 members (excludes halogenated alkanes) is 8. The van der Waals surface area contributed by atoms with E-state index in [0.717, 1.165) is 81.2 Å². The topological polar surface area (TPSA) is 126 Å². The van der Waals surface area contributed by atoms with Crippen molar-refractivity contribution >= 4 is 27.8 Å². The second-order valence-electron chi connectivity index (χ2n) is 17.1. The zero-order chi connectivity index (χ0) is 46.4. The predicted molar refractivity (Wildman–Crippen MR) is 263 cm³/mol. The summed E-state index contributed by atoms with van der Waals surface area (Å²) in [4.78, 5) is 33.9. The number of halogens is 1. The molecule has 11 heteroatoms. The van der Waals surface area contributed by atoms with Gasteiger partial charge in [-0.05, 0) is 106 Å². The van der Waals surface area contributed by atoms with Crippen LogP contribution in [0.3, 0.4) is 0 Å². The normalized spacial score (nSPS) is 11.6. The van der Waals surface area contributed by atoms with Gasteiger partial charge in [-0.3, -0.25) is 4.79 Å². The molecule has 1 N–H and O–H groups in total. The summed E-state index contributed by atoms with van der Waals surface area (Å²) in [5, 5.41) is 2.72. The van der Waals surface area contributed by atoms with Gasteiger partial charge in [0, 0.05) is 33.1 Å². The lowest BCUT2D eigenvalue weighted by atomic mass is 9.99. The fourth-order valence-corrected chi connectivity index (χ4v) is 7.13. The van der Waals surface area contributed by atoms with E-state index in [1.807, 2.05) is 97.1 Å². The van der Waals surface area contributed by atoms with Crippen molar-refractivity contribution in [3.05, 3.63) is 120 Å². The fourth-order valence-electron chi connectivity index (χ4n) is 6.87. The van der Waals surface area contributed by atoms with E-state index in [9.17, 15) is 9.59 Å². The Labute approximate surface area is 394 Å². The third-order valence-corrected chi connectivity index (χ3v) is 11.0. The highest BCUT2D eigenvalue weighted by Gasteiger charge is 2.24. The van der Waals surface area contributed by atoms with Crippen LogP contribution in [0.5, 0.6) is 11.5 Å². The number of carbonyl (C=O) groups excluding carboxylic acids is 2.